The summed E-state index contributed by atoms with van der Waals surface area (Å²) in [5.41, 5.74) is 2.11. The molecule has 54 valence electrons. The monoisotopic (exact) mass is 136 g/mol. The molecule has 0 unspecified atom stereocenters. The van der Waals surface area contributed by atoms with E-state index in [0.717, 1.165) is 5.70 Å². The number of dihydropyridines is 1. The molecule has 0 bridgehead atoms. The van der Waals surface area contributed by atoms with Crippen LogP contribution in [-0.4, -0.2) is 19.0 Å². The van der Waals surface area contributed by atoms with Crippen molar-refractivity contribution in [2.75, 3.05) is 14.1 Å². The van der Waals surface area contributed by atoms with Crippen molar-refractivity contribution in [3.63, 3.8) is 0 Å². The Hall–Kier alpha value is -1.18. The fourth-order valence-electron chi connectivity index (χ4n) is 0.781. The van der Waals surface area contributed by atoms with E-state index >= 15 is 0 Å². The smallest absolute Gasteiger partial charge is 0.0396 e. The van der Waals surface area contributed by atoms with Gasteiger partial charge in [-0.15, -0.1) is 0 Å². The third-order valence-corrected chi connectivity index (χ3v) is 1.36. The zero-order valence-corrected chi connectivity index (χ0v) is 6.39. The summed E-state index contributed by atoms with van der Waals surface area (Å²) in [6, 6.07) is 0. The molecule has 2 nitrogen and oxygen atoms in total. The highest BCUT2D eigenvalue weighted by atomic mass is 15.1. The van der Waals surface area contributed by atoms with Crippen LogP contribution in [0.4, 0.5) is 0 Å². The van der Waals surface area contributed by atoms with E-state index in [2.05, 4.69) is 11.9 Å². The SMILES string of the molecule is C=C1C=C(N(C)C)C=CN1. The van der Waals surface area contributed by atoms with Crippen molar-refractivity contribution < 1.29 is 0 Å². The number of nitrogens with one attached hydrogen (secondary N) is 1. The lowest BCUT2D eigenvalue weighted by atomic mass is 10.2. The summed E-state index contributed by atoms with van der Waals surface area (Å²) in [7, 11) is 4.02. The van der Waals surface area contributed by atoms with E-state index in [9.17, 15) is 0 Å². The molecule has 0 aromatic heterocycles. The second-order valence-corrected chi connectivity index (χ2v) is 2.47. The standard InChI is InChI=1S/C8H12N2/c1-7-6-8(10(2)3)4-5-9-7/h4-6,9H,1H2,2-3H3. The number of hydrogen-bond donors (Lipinski definition) is 1. The summed E-state index contributed by atoms with van der Waals surface area (Å²) in [6.45, 7) is 3.78. The summed E-state index contributed by atoms with van der Waals surface area (Å²) in [4.78, 5) is 2.04. The summed E-state index contributed by atoms with van der Waals surface area (Å²) < 4.78 is 0. The minimum Gasteiger partial charge on any atom is -0.378 e. The molecule has 10 heavy (non-hydrogen) atoms. The maximum atomic E-state index is 3.78. The van der Waals surface area contributed by atoms with E-state index in [1.165, 1.54) is 5.70 Å². The highest BCUT2D eigenvalue weighted by Crippen LogP contribution is 2.07. The van der Waals surface area contributed by atoms with Crippen molar-refractivity contribution in [3.8, 4) is 0 Å². The summed E-state index contributed by atoms with van der Waals surface area (Å²) in [6.07, 6.45) is 5.90. The molecule has 2 heteroatoms. The van der Waals surface area contributed by atoms with Gasteiger partial charge >= 0.3 is 0 Å². The van der Waals surface area contributed by atoms with Gasteiger partial charge in [0.05, 0.1) is 0 Å². The van der Waals surface area contributed by atoms with Crippen LogP contribution in [0, 0.1) is 0 Å². The third kappa shape index (κ3) is 1.41. The summed E-state index contributed by atoms with van der Waals surface area (Å²) in [5, 5.41) is 2.99. The molecule has 1 heterocycles. The summed E-state index contributed by atoms with van der Waals surface area (Å²) in [5.74, 6) is 0. The Morgan fingerprint density at radius 3 is 2.60 bits per heavy atom. The molecule has 0 aromatic carbocycles. The largest absolute Gasteiger partial charge is 0.378 e. The maximum absolute atomic E-state index is 3.78. The van der Waals surface area contributed by atoms with Crippen molar-refractivity contribution in [1.82, 2.24) is 10.2 Å². The van der Waals surface area contributed by atoms with Gasteiger partial charge in [0.25, 0.3) is 0 Å². The lowest BCUT2D eigenvalue weighted by Gasteiger charge is -2.17. The van der Waals surface area contributed by atoms with Crippen LogP contribution in [0.25, 0.3) is 0 Å². The molecule has 0 atom stereocenters. The topological polar surface area (TPSA) is 15.3 Å². The van der Waals surface area contributed by atoms with Gasteiger partial charge in [0.2, 0.25) is 0 Å². The normalized spacial score (nSPS) is 16.2. The predicted molar refractivity (Wildman–Crippen MR) is 43.2 cm³/mol. The Balaban J connectivity index is 2.76. The fourth-order valence-corrected chi connectivity index (χ4v) is 0.781. The third-order valence-electron chi connectivity index (χ3n) is 1.36. The Morgan fingerprint density at radius 1 is 1.50 bits per heavy atom. The Morgan fingerprint density at radius 2 is 2.20 bits per heavy atom. The Labute approximate surface area is 61.5 Å². The van der Waals surface area contributed by atoms with Crippen LogP contribution in [0.15, 0.2) is 36.3 Å². The molecule has 1 N–H and O–H groups in total. The molecule has 1 rings (SSSR count). The van der Waals surface area contributed by atoms with Crippen LogP contribution in [0.2, 0.25) is 0 Å². The van der Waals surface area contributed by atoms with Crippen molar-refractivity contribution in [2.45, 2.75) is 0 Å². The van der Waals surface area contributed by atoms with Gasteiger partial charge in [0, 0.05) is 31.7 Å². The lowest BCUT2D eigenvalue weighted by Crippen LogP contribution is -2.15. The molecule has 0 saturated heterocycles. The number of allylic oxidation sites excluding steroid dienone is 2. The minimum absolute atomic E-state index is 0.936. The molecule has 0 amide bonds. The van der Waals surface area contributed by atoms with Crippen LogP contribution >= 0.6 is 0 Å². The number of likely N-dealkylation sites (N-methyl/N-ethyl adjacent to an activating group) is 1. The molecule has 0 radical (unpaired) electrons. The van der Waals surface area contributed by atoms with Crippen molar-refractivity contribution >= 4 is 0 Å². The van der Waals surface area contributed by atoms with Crippen molar-refractivity contribution in [3.05, 3.63) is 36.3 Å². The zero-order valence-electron chi connectivity index (χ0n) is 6.39. The van der Waals surface area contributed by atoms with Gasteiger partial charge < -0.3 is 10.2 Å². The second-order valence-electron chi connectivity index (χ2n) is 2.47. The van der Waals surface area contributed by atoms with Gasteiger partial charge in [-0.25, -0.2) is 0 Å². The van der Waals surface area contributed by atoms with Gasteiger partial charge in [-0.3, -0.25) is 0 Å². The average molecular weight is 136 g/mol. The van der Waals surface area contributed by atoms with Gasteiger partial charge in [0.15, 0.2) is 0 Å². The van der Waals surface area contributed by atoms with Gasteiger partial charge in [-0.1, -0.05) is 6.58 Å². The second kappa shape index (κ2) is 2.60. The molecule has 0 saturated carbocycles. The average Bonchev–Trinajstić information content (AvgIpc) is 1.88. The first-order valence-corrected chi connectivity index (χ1v) is 3.21. The van der Waals surface area contributed by atoms with Crippen molar-refractivity contribution in [1.29, 1.82) is 0 Å². The number of hydrogen-bond acceptors (Lipinski definition) is 2. The molecular formula is C8H12N2. The minimum atomic E-state index is 0.936. The lowest BCUT2D eigenvalue weighted by molar-refractivity contribution is 0.526. The molecule has 0 spiro atoms. The number of nitrogens with zero attached hydrogens (tertiary/aromatic N) is 1. The highest BCUT2D eigenvalue weighted by Gasteiger charge is 1.98. The van der Waals surface area contributed by atoms with E-state index in [1.54, 1.807) is 0 Å². The van der Waals surface area contributed by atoms with Gasteiger partial charge in [0.1, 0.15) is 0 Å². The number of rotatable bonds is 1. The van der Waals surface area contributed by atoms with E-state index in [0.29, 0.717) is 0 Å². The van der Waals surface area contributed by atoms with E-state index in [-0.39, 0.29) is 0 Å². The van der Waals surface area contributed by atoms with E-state index in [1.807, 2.05) is 37.3 Å². The highest BCUT2D eigenvalue weighted by molar-refractivity contribution is 5.31. The molecule has 0 aromatic rings. The van der Waals surface area contributed by atoms with Crippen LogP contribution in [0.3, 0.4) is 0 Å². The van der Waals surface area contributed by atoms with Crippen LogP contribution < -0.4 is 5.32 Å². The molecular weight excluding hydrogens is 124 g/mol. The predicted octanol–water partition coefficient (Wildman–Crippen LogP) is 1.06. The van der Waals surface area contributed by atoms with Crippen LogP contribution in [0.1, 0.15) is 0 Å². The fraction of sp³-hybridized carbons (Fsp3) is 0.250. The zero-order chi connectivity index (χ0) is 7.56. The van der Waals surface area contributed by atoms with Crippen LogP contribution in [-0.2, 0) is 0 Å². The van der Waals surface area contributed by atoms with E-state index < -0.39 is 0 Å². The first-order chi connectivity index (χ1) is 4.70. The molecule has 0 aliphatic carbocycles. The first-order valence-electron chi connectivity index (χ1n) is 3.21. The Bertz CT molecular complexity index is 199. The molecule has 0 fully saturated rings. The van der Waals surface area contributed by atoms with Gasteiger partial charge in [-0.05, 0) is 12.2 Å². The van der Waals surface area contributed by atoms with Crippen molar-refractivity contribution in [2.24, 2.45) is 0 Å². The maximum Gasteiger partial charge on any atom is 0.0396 e. The van der Waals surface area contributed by atoms with Gasteiger partial charge in [-0.2, -0.15) is 0 Å². The quantitative estimate of drug-likeness (QED) is 0.580. The summed E-state index contributed by atoms with van der Waals surface area (Å²) >= 11 is 0. The first kappa shape index (κ1) is 6.93. The molecule has 1 aliphatic rings. The van der Waals surface area contributed by atoms with E-state index in [4.69, 9.17) is 0 Å². The molecule has 1 aliphatic heterocycles. The Kier molecular flexibility index (Phi) is 1.81. The van der Waals surface area contributed by atoms with Crippen LogP contribution in [0.5, 0.6) is 0 Å².